The van der Waals surface area contributed by atoms with E-state index in [-0.39, 0.29) is 17.7 Å². The van der Waals surface area contributed by atoms with Gasteiger partial charge in [0.2, 0.25) is 6.54 Å². The van der Waals surface area contributed by atoms with Gasteiger partial charge in [-0.3, -0.25) is 0 Å². The third-order valence-electron chi connectivity index (χ3n) is 6.31. The molecule has 0 spiro atoms. The Hall–Kier alpha value is -2.27. The lowest BCUT2D eigenvalue weighted by Gasteiger charge is -2.33. The summed E-state index contributed by atoms with van der Waals surface area (Å²) in [6.07, 6.45) is 4.16. The lowest BCUT2D eigenvalue weighted by molar-refractivity contribution is -0.172. The molecule has 2 atom stereocenters. The smallest absolute Gasteiger partial charge is 0.363 e. The van der Waals surface area contributed by atoms with Crippen LogP contribution in [0, 0.1) is 6.92 Å². The number of aryl methyl sites for hydroxylation is 1. The van der Waals surface area contributed by atoms with E-state index in [1.165, 1.54) is 15.6 Å². The Kier molecular flexibility index (Phi) is 7.89. The van der Waals surface area contributed by atoms with Crippen LogP contribution in [0.4, 0.5) is 5.69 Å². The number of nitrogens with zero attached hydrogens (tertiary/aromatic N) is 2. The molecule has 2 heterocycles. The van der Waals surface area contributed by atoms with Gasteiger partial charge >= 0.3 is 5.97 Å². The SMILES string of the molecule is CCCN(CC(CC)O[N+]1(CC(=O)O)C=Cc2ccccc21)S(=O)(=O)c1sc2ccc(Cl)cc2c1C. The number of halogens is 1. The summed E-state index contributed by atoms with van der Waals surface area (Å²) in [6, 6.07) is 12.9. The Balaban J connectivity index is 1.67. The van der Waals surface area contributed by atoms with Crippen LogP contribution in [0.15, 0.2) is 52.9 Å². The standard InChI is InChI=1S/C26H29ClN2O5S2/c1-4-13-28(36(32,33)26-18(3)22-15-20(27)10-11-24(22)35-26)16-21(5-2)34-29(17-25(30)31)14-12-19-8-6-7-9-23(19)29/h6-12,14-15,21H,4-5,13,16-17H2,1-3H3/p+1. The Labute approximate surface area is 220 Å². The van der Waals surface area contributed by atoms with E-state index in [1.54, 1.807) is 25.3 Å². The normalized spacial score (nSPS) is 18.1. The highest BCUT2D eigenvalue weighted by Gasteiger charge is 2.42. The second kappa shape index (κ2) is 10.6. The third-order valence-corrected chi connectivity index (χ3v) is 10.3. The van der Waals surface area contributed by atoms with Crippen LogP contribution in [0.1, 0.15) is 37.8 Å². The summed E-state index contributed by atoms with van der Waals surface area (Å²) in [5.74, 6) is -1.01. The highest BCUT2D eigenvalue weighted by atomic mass is 35.5. The van der Waals surface area contributed by atoms with Crippen LogP contribution in [0.5, 0.6) is 0 Å². The van der Waals surface area contributed by atoms with Gasteiger partial charge in [-0.15, -0.1) is 16.0 Å². The zero-order valence-corrected chi connectivity index (χ0v) is 22.9. The summed E-state index contributed by atoms with van der Waals surface area (Å²) in [6.45, 7) is 5.77. The number of aliphatic carboxylic acids is 1. The van der Waals surface area contributed by atoms with Gasteiger partial charge in [0, 0.05) is 40.5 Å². The lowest BCUT2D eigenvalue weighted by atomic mass is 10.2. The molecule has 7 nitrogen and oxygen atoms in total. The number of carbonyl (C=O) groups is 1. The molecule has 0 saturated carbocycles. The van der Waals surface area contributed by atoms with Crippen molar-refractivity contribution in [2.24, 2.45) is 0 Å². The Morgan fingerprint density at radius 1 is 1.22 bits per heavy atom. The second-order valence-corrected chi connectivity index (χ2v) is 12.5. The quantitative estimate of drug-likeness (QED) is 0.294. The Morgan fingerprint density at radius 3 is 2.67 bits per heavy atom. The topological polar surface area (TPSA) is 83.9 Å². The van der Waals surface area contributed by atoms with Gasteiger partial charge < -0.3 is 5.11 Å². The number of para-hydroxylation sites is 1. The Bertz CT molecular complexity index is 1420. The van der Waals surface area contributed by atoms with Crippen molar-refractivity contribution >= 4 is 60.8 Å². The summed E-state index contributed by atoms with van der Waals surface area (Å²) in [7, 11) is -3.82. The largest absolute Gasteiger partial charge is 0.477 e. The number of fused-ring (bicyclic) bond motifs is 2. The van der Waals surface area contributed by atoms with Crippen LogP contribution < -0.4 is 4.65 Å². The zero-order valence-electron chi connectivity index (χ0n) is 20.5. The van der Waals surface area contributed by atoms with Crippen LogP contribution in [0.3, 0.4) is 0 Å². The van der Waals surface area contributed by atoms with E-state index in [9.17, 15) is 18.3 Å². The molecule has 36 heavy (non-hydrogen) atoms. The van der Waals surface area contributed by atoms with E-state index in [4.69, 9.17) is 16.4 Å². The molecule has 2 aromatic carbocycles. The Morgan fingerprint density at radius 2 is 1.97 bits per heavy atom. The molecule has 3 aromatic rings. The highest BCUT2D eigenvalue weighted by molar-refractivity contribution is 7.91. The second-order valence-electron chi connectivity index (χ2n) is 8.88. The molecule has 0 bridgehead atoms. The summed E-state index contributed by atoms with van der Waals surface area (Å²) in [4.78, 5) is 18.3. The van der Waals surface area contributed by atoms with Gasteiger partial charge in [-0.2, -0.15) is 9.14 Å². The molecular formula is C26H30ClN2O5S2+. The van der Waals surface area contributed by atoms with Crippen molar-refractivity contribution in [3.05, 3.63) is 64.8 Å². The van der Waals surface area contributed by atoms with E-state index in [1.807, 2.05) is 50.3 Å². The summed E-state index contributed by atoms with van der Waals surface area (Å²) in [5, 5.41) is 11.1. The molecule has 0 fully saturated rings. The third kappa shape index (κ3) is 5.09. The fourth-order valence-corrected chi connectivity index (χ4v) is 8.16. The minimum atomic E-state index is -3.82. The molecule has 1 N–H and O–H groups in total. The molecule has 1 aliphatic rings. The van der Waals surface area contributed by atoms with Gasteiger partial charge in [-0.05, 0) is 55.0 Å². The van der Waals surface area contributed by atoms with Crippen LogP contribution in [0.25, 0.3) is 16.2 Å². The van der Waals surface area contributed by atoms with Crippen LogP contribution in [-0.4, -0.2) is 49.5 Å². The van der Waals surface area contributed by atoms with Gasteiger partial charge in [0.1, 0.15) is 16.5 Å². The first-order valence-corrected chi connectivity index (χ1v) is 14.5. The molecule has 0 aliphatic carbocycles. The first-order chi connectivity index (χ1) is 17.1. The molecule has 2 unspecified atom stereocenters. The molecule has 0 radical (unpaired) electrons. The fraction of sp³-hybridized carbons (Fsp3) is 0.346. The maximum atomic E-state index is 13.9. The van der Waals surface area contributed by atoms with Gasteiger partial charge in [0.05, 0.1) is 0 Å². The number of hydrogen-bond donors (Lipinski definition) is 1. The first kappa shape index (κ1) is 26.8. The molecule has 192 valence electrons. The predicted molar refractivity (Wildman–Crippen MR) is 146 cm³/mol. The maximum Gasteiger partial charge on any atom is 0.363 e. The van der Waals surface area contributed by atoms with Gasteiger partial charge in [-0.25, -0.2) is 13.2 Å². The van der Waals surface area contributed by atoms with Crippen molar-refractivity contribution in [2.45, 2.75) is 43.9 Å². The van der Waals surface area contributed by atoms with Gasteiger partial charge in [-0.1, -0.05) is 37.6 Å². The zero-order chi connectivity index (χ0) is 26.1. The molecule has 1 aliphatic heterocycles. The van der Waals surface area contributed by atoms with E-state index in [2.05, 4.69) is 0 Å². The summed E-state index contributed by atoms with van der Waals surface area (Å²) < 4.78 is 30.1. The number of sulfonamides is 1. The van der Waals surface area contributed by atoms with Crippen molar-refractivity contribution in [1.29, 1.82) is 0 Å². The number of rotatable bonds is 11. The van der Waals surface area contributed by atoms with Crippen molar-refractivity contribution in [3.63, 3.8) is 0 Å². The average Bonchev–Trinajstić information content (AvgIpc) is 3.36. The minimum absolute atomic E-state index is 0.108. The first-order valence-electron chi connectivity index (χ1n) is 11.9. The number of hydroxylamine groups is 2. The minimum Gasteiger partial charge on any atom is -0.477 e. The van der Waals surface area contributed by atoms with Gasteiger partial charge in [0.25, 0.3) is 10.0 Å². The molecule has 0 amide bonds. The van der Waals surface area contributed by atoms with Crippen LogP contribution in [-0.2, 0) is 19.7 Å². The summed E-state index contributed by atoms with van der Waals surface area (Å²) >= 11 is 7.40. The molecule has 10 heteroatoms. The van der Waals surface area contributed by atoms with Gasteiger partial charge in [0.15, 0.2) is 5.69 Å². The number of carboxylic acid groups (broad SMARTS) is 1. The number of carboxylic acids is 1. The number of benzene rings is 2. The molecule has 1 aromatic heterocycles. The van der Waals surface area contributed by atoms with E-state index in [0.717, 1.165) is 21.3 Å². The van der Waals surface area contributed by atoms with E-state index < -0.39 is 22.1 Å². The summed E-state index contributed by atoms with van der Waals surface area (Å²) in [5.41, 5.74) is 2.28. The molecule has 0 saturated heterocycles. The van der Waals surface area contributed by atoms with E-state index >= 15 is 0 Å². The number of quaternary nitrogens is 1. The van der Waals surface area contributed by atoms with Crippen LogP contribution >= 0.6 is 22.9 Å². The molecule has 4 rings (SSSR count). The van der Waals surface area contributed by atoms with Crippen molar-refractivity contribution in [3.8, 4) is 0 Å². The highest BCUT2D eigenvalue weighted by Crippen LogP contribution is 2.39. The van der Waals surface area contributed by atoms with E-state index in [0.29, 0.717) is 34.2 Å². The number of hydrogen-bond acceptors (Lipinski definition) is 5. The maximum absolute atomic E-state index is 13.9. The lowest BCUT2D eigenvalue weighted by Crippen LogP contribution is -2.51. The fourth-order valence-electron chi connectivity index (χ4n) is 4.55. The predicted octanol–water partition coefficient (Wildman–Crippen LogP) is 6.05. The van der Waals surface area contributed by atoms with Crippen LogP contribution in [0.2, 0.25) is 5.02 Å². The van der Waals surface area contributed by atoms with Crippen molar-refractivity contribution < 1.29 is 23.2 Å². The molecular weight excluding hydrogens is 520 g/mol. The average molecular weight is 550 g/mol. The number of thiophene rings is 1. The monoisotopic (exact) mass is 549 g/mol. The van der Waals surface area contributed by atoms with Crippen molar-refractivity contribution in [2.75, 3.05) is 19.6 Å². The van der Waals surface area contributed by atoms with Crippen molar-refractivity contribution in [1.82, 2.24) is 8.95 Å².